The molecular formula is C32H54. The van der Waals surface area contributed by atoms with E-state index in [0.29, 0.717) is 27.1 Å². The van der Waals surface area contributed by atoms with Gasteiger partial charge in [0.25, 0.3) is 0 Å². The second-order valence-electron chi connectivity index (χ2n) is 15.1. The summed E-state index contributed by atoms with van der Waals surface area (Å²) in [5.41, 5.74) is 4.49. The molecule has 5 rings (SSSR count). The van der Waals surface area contributed by atoms with E-state index in [1.54, 1.807) is 5.57 Å². The van der Waals surface area contributed by atoms with Crippen molar-refractivity contribution in [3.8, 4) is 0 Å². The molecule has 0 aromatic heterocycles. The van der Waals surface area contributed by atoms with Crippen molar-refractivity contribution in [1.29, 1.82) is 0 Å². The molecule has 0 aliphatic heterocycles. The molecule has 0 heterocycles. The van der Waals surface area contributed by atoms with Gasteiger partial charge in [0.1, 0.15) is 0 Å². The van der Waals surface area contributed by atoms with Crippen LogP contribution in [-0.2, 0) is 0 Å². The van der Waals surface area contributed by atoms with Crippen LogP contribution < -0.4 is 0 Å². The van der Waals surface area contributed by atoms with Crippen molar-refractivity contribution in [2.24, 2.45) is 56.7 Å². The largest absolute Gasteiger partial charge is 0.0884 e. The Bertz CT molecular complexity index is 773. The molecule has 0 radical (unpaired) electrons. The van der Waals surface area contributed by atoms with E-state index in [0.717, 1.165) is 29.6 Å². The Kier molecular flexibility index (Phi) is 5.41. The van der Waals surface area contributed by atoms with Crippen molar-refractivity contribution in [2.45, 2.75) is 132 Å². The molecule has 9 unspecified atom stereocenters. The van der Waals surface area contributed by atoms with E-state index < -0.39 is 0 Å². The van der Waals surface area contributed by atoms with E-state index in [2.05, 4.69) is 61.5 Å². The molecule has 5 saturated carbocycles. The van der Waals surface area contributed by atoms with Crippen LogP contribution in [0.4, 0.5) is 0 Å². The van der Waals surface area contributed by atoms with Gasteiger partial charge in [-0.1, -0.05) is 66.0 Å². The molecule has 9 atom stereocenters. The van der Waals surface area contributed by atoms with Gasteiger partial charge in [0.2, 0.25) is 0 Å². The number of hydrogen-bond acceptors (Lipinski definition) is 0. The summed E-state index contributed by atoms with van der Waals surface area (Å²) in [7, 11) is 0. The van der Waals surface area contributed by atoms with Crippen LogP contribution in [0, 0.1) is 56.7 Å². The maximum atomic E-state index is 2.81. The van der Waals surface area contributed by atoms with Gasteiger partial charge in [-0.05, 0) is 135 Å². The van der Waals surface area contributed by atoms with E-state index >= 15 is 0 Å². The molecule has 0 saturated heterocycles. The number of allylic oxidation sites excluding steroid dienone is 2. The molecule has 0 bridgehead atoms. The Morgan fingerprint density at radius 2 is 1.22 bits per heavy atom. The van der Waals surface area contributed by atoms with Gasteiger partial charge in [-0.2, -0.15) is 0 Å². The molecule has 182 valence electrons. The molecule has 0 nitrogen and oxygen atoms in total. The zero-order valence-electron chi connectivity index (χ0n) is 22.9. The van der Waals surface area contributed by atoms with Crippen LogP contribution in [0.25, 0.3) is 0 Å². The van der Waals surface area contributed by atoms with Gasteiger partial charge in [0, 0.05) is 0 Å². The molecule has 0 aromatic rings. The average molecular weight is 439 g/mol. The molecular weight excluding hydrogens is 384 g/mol. The third-order valence-electron chi connectivity index (χ3n) is 14.0. The predicted molar refractivity (Wildman–Crippen MR) is 138 cm³/mol. The van der Waals surface area contributed by atoms with Gasteiger partial charge in [0.05, 0.1) is 0 Å². The quantitative estimate of drug-likeness (QED) is 0.357. The minimum absolute atomic E-state index is 0.544. The normalized spacial score (nSPS) is 55.2. The van der Waals surface area contributed by atoms with Crippen molar-refractivity contribution in [1.82, 2.24) is 0 Å². The van der Waals surface area contributed by atoms with Crippen LogP contribution in [-0.4, -0.2) is 0 Å². The Morgan fingerprint density at radius 1 is 0.625 bits per heavy atom. The van der Waals surface area contributed by atoms with Crippen molar-refractivity contribution in [3.05, 3.63) is 11.6 Å². The second-order valence-corrected chi connectivity index (χ2v) is 15.1. The molecule has 5 fully saturated rings. The zero-order valence-corrected chi connectivity index (χ0v) is 22.9. The lowest BCUT2D eigenvalue weighted by Gasteiger charge is -2.74. The van der Waals surface area contributed by atoms with Gasteiger partial charge in [-0.3, -0.25) is 0 Å². The van der Waals surface area contributed by atoms with Gasteiger partial charge >= 0.3 is 0 Å². The summed E-state index contributed by atoms with van der Waals surface area (Å²) < 4.78 is 0. The average Bonchev–Trinajstić information content (AvgIpc) is 2.72. The summed E-state index contributed by atoms with van der Waals surface area (Å²) in [5.74, 6) is 4.64. The molecule has 0 heteroatoms. The Morgan fingerprint density at radius 3 is 1.88 bits per heavy atom. The van der Waals surface area contributed by atoms with E-state index in [-0.39, 0.29) is 0 Å². The summed E-state index contributed by atoms with van der Waals surface area (Å²) in [6, 6.07) is 0. The fourth-order valence-electron chi connectivity index (χ4n) is 12.3. The molecule has 0 spiro atoms. The lowest BCUT2D eigenvalue weighted by molar-refractivity contribution is -0.249. The van der Waals surface area contributed by atoms with Crippen molar-refractivity contribution >= 4 is 0 Å². The smallest absolute Gasteiger partial charge is 0.0172 e. The first-order chi connectivity index (χ1) is 14.9. The fourth-order valence-corrected chi connectivity index (χ4v) is 12.3. The molecule has 0 aromatic carbocycles. The van der Waals surface area contributed by atoms with Crippen molar-refractivity contribution in [3.63, 3.8) is 0 Å². The standard InChI is InChI=1S/C32H54/c1-9-22(2)23-12-10-18-29(5)24(23)15-20-31(7)26(29)13-14-27-30(6)19-11-17-28(3,4)25(30)16-21-32(27,31)8/h9,23-27H,10-21H2,1-8H3/b22-9+. The summed E-state index contributed by atoms with van der Waals surface area (Å²) in [4.78, 5) is 0. The van der Waals surface area contributed by atoms with Crippen LogP contribution in [0.2, 0.25) is 0 Å². The summed E-state index contributed by atoms with van der Waals surface area (Å²) in [5, 5.41) is 0. The minimum atomic E-state index is 0.544. The third-order valence-corrected chi connectivity index (χ3v) is 14.0. The Labute approximate surface area is 200 Å². The first-order valence-corrected chi connectivity index (χ1v) is 14.6. The van der Waals surface area contributed by atoms with Gasteiger partial charge in [0.15, 0.2) is 0 Å². The highest BCUT2D eigenvalue weighted by Gasteiger charge is 2.69. The molecule has 32 heavy (non-hydrogen) atoms. The van der Waals surface area contributed by atoms with E-state index in [1.165, 1.54) is 77.0 Å². The van der Waals surface area contributed by atoms with Crippen LogP contribution in [0.15, 0.2) is 11.6 Å². The topological polar surface area (TPSA) is 0 Å². The highest BCUT2D eigenvalue weighted by molar-refractivity contribution is 5.20. The van der Waals surface area contributed by atoms with Crippen LogP contribution in [0.3, 0.4) is 0 Å². The number of fused-ring (bicyclic) bond motifs is 7. The Hall–Kier alpha value is -0.260. The van der Waals surface area contributed by atoms with Gasteiger partial charge < -0.3 is 0 Å². The van der Waals surface area contributed by atoms with Crippen LogP contribution in [0.1, 0.15) is 132 Å². The van der Waals surface area contributed by atoms with Crippen molar-refractivity contribution < 1.29 is 0 Å². The van der Waals surface area contributed by atoms with Gasteiger partial charge in [-0.15, -0.1) is 0 Å². The highest BCUT2D eigenvalue weighted by atomic mass is 14.7. The summed E-state index contributed by atoms with van der Waals surface area (Å²) in [6.07, 6.45) is 20.3. The Balaban J connectivity index is 1.52. The highest BCUT2D eigenvalue weighted by Crippen LogP contribution is 2.77. The van der Waals surface area contributed by atoms with E-state index in [9.17, 15) is 0 Å². The molecule has 5 aliphatic rings. The second kappa shape index (κ2) is 7.37. The van der Waals surface area contributed by atoms with E-state index in [1.807, 2.05) is 0 Å². The monoisotopic (exact) mass is 438 g/mol. The number of rotatable bonds is 1. The zero-order chi connectivity index (χ0) is 23.2. The lowest BCUT2D eigenvalue weighted by Crippen LogP contribution is -2.66. The fraction of sp³-hybridized carbons (Fsp3) is 0.938. The van der Waals surface area contributed by atoms with Gasteiger partial charge in [-0.25, -0.2) is 0 Å². The maximum absolute atomic E-state index is 2.81. The maximum Gasteiger partial charge on any atom is -0.0172 e. The minimum Gasteiger partial charge on any atom is -0.0884 e. The third kappa shape index (κ3) is 2.86. The molecule has 0 N–H and O–H groups in total. The first-order valence-electron chi connectivity index (χ1n) is 14.6. The van der Waals surface area contributed by atoms with E-state index in [4.69, 9.17) is 0 Å². The summed E-state index contributed by atoms with van der Waals surface area (Å²) in [6.45, 7) is 21.1. The number of hydrogen-bond donors (Lipinski definition) is 0. The molecule has 0 amide bonds. The SMILES string of the molecule is C/C=C(\C)C1CCCC2(C)C1CCC1(C)C2CCC2C3(C)CCCC(C)(C)C3CCC21C. The first kappa shape index (κ1) is 23.5. The predicted octanol–water partition coefficient (Wildman–Crippen LogP) is 9.83. The summed E-state index contributed by atoms with van der Waals surface area (Å²) >= 11 is 0. The lowest BCUT2D eigenvalue weighted by atomic mass is 9.31. The van der Waals surface area contributed by atoms with Crippen LogP contribution in [0.5, 0.6) is 0 Å². The van der Waals surface area contributed by atoms with Crippen LogP contribution >= 0.6 is 0 Å². The molecule has 5 aliphatic carbocycles. The van der Waals surface area contributed by atoms with Crippen molar-refractivity contribution in [2.75, 3.05) is 0 Å².